The predicted octanol–water partition coefficient (Wildman–Crippen LogP) is 6.50. The Morgan fingerprint density at radius 3 is 2.34 bits per heavy atom. The number of amides is 1. The third kappa shape index (κ3) is 4.59. The monoisotopic (exact) mass is 480 g/mol. The molecule has 0 bridgehead atoms. The van der Waals surface area contributed by atoms with Crippen molar-refractivity contribution in [2.24, 2.45) is 0 Å². The minimum absolute atomic E-state index is 0.0686. The number of aromatic nitrogens is 1. The molecule has 0 spiro atoms. The van der Waals surface area contributed by atoms with Gasteiger partial charge in [0.2, 0.25) is 0 Å². The number of carbonyl (C=O) groups excluding carboxylic acids is 1. The Labute approximate surface area is 207 Å². The lowest BCUT2D eigenvalue weighted by atomic mass is 9.96. The van der Waals surface area contributed by atoms with Gasteiger partial charge in [-0.15, -0.1) is 0 Å². The van der Waals surface area contributed by atoms with Gasteiger partial charge in [0.1, 0.15) is 0 Å². The zero-order chi connectivity index (χ0) is 24.5. The van der Waals surface area contributed by atoms with Crippen molar-refractivity contribution in [1.82, 2.24) is 4.98 Å². The first-order valence-electron chi connectivity index (χ1n) is 11.1. The number of hydrogen-bond donors (Lipinski definition) is 2. The number of fused-ring (bicyclic) bond motifs is 1. The number of carboxylic acid groups (broad SMARTS) is 1. The van der Waals surface area contributed by atoms with Gasteiger partial charge in [0.15, 0.2) is 0 Å². The van der Waals surface area contributed by atoms with Crippen LogP contribution in [0.1, 0.15) is 22.3 Å². The van der Waals surface area contributed by atoms with Gasteiger partial charge < -0.3 is 10.4 Å². The highest BCUT2D eigenvalue weighted by Crippen LogP contribution is 2.41. The number of pyridine rings is 1. The van der Waals surface area contributed by atoms with Crippen LogP contribution in [0, 0.1) is 6.92 Å². The summed E-state index contributed by atoms with van der Waals surface area (Å²) in [5, 5.41) is 12.6. The second kappa shape index (κ2) is 9.20. The fourth-order valence-electron chi connectivity index (χ4n) is 4.26. The van der Waals surface area contributed by atoms with E-state index < -0.39 is 5.97 Å². The Balaban J connectivity index is 1.53. The van der Waals surface area contributed by atoms with Crippen molar-refractivity contribution in [3.63, 3.8) is 0 Å². The van der Waals surface area contributed by atoms with Crippen LogP contribution in [0.15, 0.2) is 79.1 Å². The van der Waals surface area contributed by atoms with Crippen molar-refractivity contribution in [2.75, 3.05) is 5.32 Å². The van der Waals surface area contributed by atoms with Crippen LogP contribution in [0.5, 0.6) is 0 Å². The van der Waals surface area contributed by atoms with Crippen molar-refractivity contribution in [1.29, 1.82) is 0 Å². The summed E-state index contributed by atoms with van der Waals surface area (Å²) in [4.78, 5) is 28.1. The molecule has 5 rings (SSSR count). The van der Waals surface area contributed by atoms with Crippen molar-refractivity contribution in [3.05, 3.63) is 106 Å². The summed E-state index contributed by atoms with van der Waals surface area (Å²) in [7, 11) is 0. The highest BCUT2D eigenvalue weighted by Gasteiger charge is 2.26. The smallest absolute Gasteiger partial charge is 0.307 e. The standard InChI is InChI=1S/C29H21ClN2O3/c1-17-2-3-18(12-22(17)14-28(33)34)13-25-24-15-23(26(30)16-27(24)32-29(25)35)21-6-4-19(5-7-21)20-8-10-31-11-9-20/h2-13,15-16H,14H2,1H3,(H,32,35)(H,33,34). The van der Waals surface area contributed by atoms with Gasteiger partial charge in [-0.05, 0) is 70.6 Å². The maximum absolute atomic E-state index is 12.8. The van der Waals surface area contributed by atoms with Crippen LogP contribution in [0.4, 0.5) is 5.69 Å². The molecule has 35 heavy (non-hydrogen) atoms. The number of rotatable bonds is 5. The number of nitrogens with one attached hydrogen (secondary N) is 1. The predicted molar refractivity (Wildman–Crippen MR) is 139 cm³/mol. The van der Waals surface area contributed by atoms with Gasteiger partial charge in [-0.3, -0.25) is 14.6 Å². The molecule has 1 aliphatic heterocycles. The average molecular weight is 481 g/mol. The summed E-state index contributed by atoms with van der Waals surface area (Å²) in [5.41, 5.74) is 8.22. The molecular weight excluding hydrogens is 460 g/mol. The lowest BCUT2D eigenvalue weighted by molar-refractivity contribution is -0.136. The number of aliphatic carboxylic acids is 1. The van der Waals surface area contributed by atoms with Crippen LogP contribution < -0.4 is 5.32 Å². The molecule has 2 N–H and O–H groups in total. The van der Waals surface area contributed by atoms with Crippen LogP contribution in [0.3, 0.4) is 0 Å². The van der Waals surface area contributed by atoms with Crippen molar-refractivity contribution in [3.8, 4) is 22.3 Å². The molecule has 172 valence electrons. The van der Waals surface area contributed by atoms with Gasteiger partial charge in [0, 0.05) is 29.1 Å². The minimum atomic E-state index is -0.893. The maximum Gasteiger partial charge on any atom is 0.307 e. The maximum atomic E-state index is 12.8. The zero-order valence-corrected chi connectivity index (χ0v) is 19.6. The zero-order valence-electron chi connectivity index (χ0n) is 18.9. The molecular formula is C29H21ClN2O3. The molecule has 1 aromatic heterocycles. The molecule has 0 saturated carbocycles. The lowest BCUT2D eigenvalue weighted by Crippen LogP contribution is -2.04. The molecule has 3 aromatic carbocycles. The van der Waals surface area contributed by atoms with E-state index in [1.54, 1.807) is 24.5 Å². The first kappa shape index (κ1) is 22.6. The molecule has 0 atom stereocenters. The number of benzene rings is 3. The van der Waals surface area contributed by atoms with E-state index in [-0.39, 0.29) is 12.3 Å². The van der Waals surface area contributed by atoms with Crippen molar-refractivity contribution >= 4 is 40.8 Å². The molecule has 4 aromatic rings. The van der Waals surface area contributed by atoms with Crippen molar-refractivity contribution in [2.45, 2.75) is 13.3 Å². The van der Waals surface area contributed by atoms with E-state index in [0.717, 1.165) is 44.5 Å². The summed E-state index contributed by atoms with van der Waals surface area (Å²) in [6.45, 7) is 1.88. The molecule has 6 heteroatoms. The summed E-state index contributed by atoms with van der Waals surface area (Å²) in [6, 6.07) is 21.3. The van der Waals surface area contributed by atoms with Gasteiger partial charge in [-0.1, -0.05) is 54.1 Å². The number of halogens is 1. The number of carboxylic acids is 1. The fourth-order valence-corrected chi connectivity index (χ4v) is 4.54. The molecule has 2 heterocycles. The Morgan fingerprint density at radius 2 is 1.63 bits per heavy atom. The molecule has 0 fully saturated rings. The minimum Gasteiger partial charge on any atom is -0.481 e. The van der Waals surface area contributed by atoms with Crippen molar-refractivity contribution < 1.29 is 14.7 Å². The van der Waals surface area contributed by atoms with E-state index in [9.17, 15) is 14.7 Å². The third-order valence-corrected chi connectivity index (χ3v) is 6.44. The first-order valence-corrected chi connectivity index (χ1v) is 11.5. The van der Waals surface area contributed by atoms with Crippen LogP contribution in [-0.2, 0) is 16.0 Å². The van der Waals surface area contributed by atoms with Gasteiger partial charge >= 0.3 is 5.97 Å². The van der Waals surface area contributed by atoms with Gasteiger partial charge in [0.05, 0.1) is 17.1 Å². The second-order valence-corrected chi connectivity index (χ2v) is 8.87. The third-order valence-electron chi connectivity index (χ3n) is 6.13. The number of anilines is 1. The van der Waals surface area contributed by atoms with E-state index >= 15 is 0 Å². The number of aryl methyl sites for hydroxylation is 1. The van der Waals surface area contributed by atoms with Gasteiger partial charge in [-0.25, -0.2) is 0 Å². The molecule has 1 amide bonds. The van der Waals surface area contributed by atoms with E-state index in [0.29, 0.717) is 16.3 Å². The number of hydrogen-bond acceptors (Lipinski definition) is 3. The van der Waals surface area contributed by atoms with Crippen LogP contribution in [-0.4, -0.2) is 22.0 Å². The average Bonchev–Trinajstić information content (AvgIpc) is 3.14. The first-order chi connectivity index (χ1) is 16.9. The van der Waals surface area contributed by atoms with Gasteiger partial charge in [0.25, 0.3) is 5.91 Å². The summed E-state index contributed by atoms with van der Waals surface area (Å²) in [6.07, 6.45) is 5.24. The summed E-state index contributed by atoms with van der Waals surface area (Å²) < 4.78 is 0. The van der Waals surface area contributed by atoms with E-state index in [1.165, 1.54) is 0 Å². The fraction of sp³-hybridized carbons (Fsp3) is 0.0690. The van der Waals surface area contributed by atoms with Gasteiger partial charge in [-0.2, -0.15) is 0 Å². The van der Waals surface area contributed by atoms with Crippen LogP contribution in [0.2, 0.25) is 5.02 Å². The molecule has 0 radical (unpaired) electrons. The highest BCUT2D eigenvalue weighted by atomic mass is 35.5. The highest BCUT2D eigenvalue weighted by molar-refractivity contribution is 6.38. The molecule has 0 saturated heterocycles. The lowest BCUT2D eigenvalue weighted by Gasteiger charge is -2.10. The largest absolute Gasteiger partial charge is 0.481 e. The van der Waals surface area contributed by atoms with E-state index in [1.807, 2.05) is 67.6 Å². The molecule has 0 unspecified atom stereocenters. The second-order valence-electron chi connectivity index (χ2n) is 8.46. The Bertz CT molecular complexity index is 1490. The Morgan fingerprint density at radius 1 is 0.943 bits per heavy atom. The Hall–Kier alpha value is -4.22. The topological polar surface area (TPSA) is 79.3 Å². The van der Waals surface area contributed by atoms with Crippen LogP contribution >= 0.6 is 11.6 Å². The van der Waals surface area contributed by atoms with Crippen LogP contribution in [0.25, 0.3) is 33.9 Å². The molecule has 1 aliphatic rings. The molecule has 0 aliphatic carbocycles. The number of nitrogens with zero attached hydrogens (tertiary/aromatic N) is 1. The quantitative estimate of drug-likeness (QED) is 0.320. The number of carbonyl (C=O) groups is 2. The normalized spacial score (nSPS) is 13.5. The molecule has 5 nitrogen and oxygen atoms in total. The van der Waals surface area contributed by atoms with E-state index in [4.69, 9.17) is 11.6 Å². The van der Waals surface area contributed by atoms with E-state index in [2.05, 4.69) is 10.3 Å². The summed E-state index contributed by atoms with van der Waals surface area (Å²) >= 11 is 6.61. The SMILES string of the molecule is Cc1ccc(C=C2C(=O)Nc3cc(Cl)c(-c4ccc(-c5ccncc5)cc4)cc32)cc1CC(=O)O. The Kier molecular flexibility index (Phi) is 5.93. The summed E-state index contributed by atoms with van der Waals surface area (Å²) in [5.74, 6) is -1.11.